The standard InChI is InChI=1S/C33H20N2O2/c1-5-19-13-21(7-3)31-25(15-19)33(23-9-11-29(36)27(34)17-23,24-10-12-30(37)28(35)18-24)26-16-20(6-2)14-22(8-4)32(26)31/h1-4,9-18,36-37H,34-35H2. The van der Waals surface area contributed by atoms with Gasteiger partial charge >= 0.3 is 0 Å². The lowest BCUT2D eigenvalue weighted by Gasteiger charge is -2.34. The monoisotopic (exact) mass is 476 g/mol. The molecule has 0 amide bonds. The SMILES string of the molecule is C#Cc1cc(C#C)c2c(c1)C(c1ccc(O)c(N)c1)(c1ccc(O)c(N)c1)c1cc(C#C)cc(C#C)c1-2. The molecule has 0 unspecified atom stereocenters. The fraction of sp³-hybridized carbons (Fsp3) is 0.0303. The van der Waals surface area contributed by atoms with Gasteiger partial charge in [-0.2, -0.15) is 0 Å². The van der Waals surface area contributed by atoms with Crippen LogP contribution in [0.25, 0.3) is 11.1 Å². The van der Waals surface area contributed by atoms with E-state index in [9.17, 15) is 10.2 Å². The summed E-state index contributed by atoms with van der Waals surface area (Å²) in [5.74, 6) is 10.8. The predicted molar refractivity (Wildman–Crippen MR) is 148 cm³/mol. The fourth-order valence-electron chi connectivity index (χ4n) is 5.32. The van der Waals surface area contributed by atoms with E-state index < -0.39 is 5.41 Å². The lowest BCUT2D eigenvalue weighted by atomic mass is 9.67. The molecule has 5 rings (SSSR count). The minimum Gasteiger partial charge on any atom is -0.506 e. The molecule has 1 aliphatic carbocycles. The van der Waals surface area contributed by atoms with Gasteiger partial charge in [0.15, 0.2) is 0 Å². The zero-order valence-corrected chi connectivity index (χ0v) is 19.6. The molecule has 0 saturated heterocycles. The van der Waals surface area contributed by atoms with Crippen LogP contribution < -0.4 is 11.5 Å². The minimum absolute atomic E-state index is 0.0639. The normalized spacial score (nSPS) is 12.3. The van der Waals surface area contributed by atoms with Crippen molar-refractivity contribution in [2.75, 3.05) is 11.5 Å². The third kappa shape index (κ3) is 3.12. The van der Waals surface area contributed by atoms with Gasteiger partial charge in [0.05, 0.1) is 16.8 Å². The Bertz CT molecular complexity index is 1680. The lowest BCUT2D eigenvalue weighted by Crippen LogP contribution is -2.29. The number of nitrogens with two attached hydrogens (primary N) is 2. The number of rotatable bonds is 2. The second kappa shape index (κ2) is 8.22. The molecule has 0 fully saturated rings. The van der Waals surface area contributed by atoms with Crippen LogP contribution in [-0.4, -0.2) is 10.2 Å². The van der Waals surface area contributed by atoms with Gasteiger partial charge in [-0.3, -0.25) is 0 Å². The molecular weight excluding hydrogens is 456 g/mol. The number of fused-ring (bicyclic) bond motifs is 3. The molecule has 6 N–H and O–H groups in total. The van der Waals surface area contributed by atoms with Crippen LogP contribution in [0, 0.1) is 49.4 Å². The number of benzene rings is 4. The van der Waals surface area contributed by atoms with Crippen molar-refractivity contribution < 1.29 is 10.2 Å². The summed E-state index contributed by atoms with van der Waals surface area (Å²) < 4.78 is 0. The number of hydrogen-bond acceptors (Lipinski definition) is 4. The van der Waals surface area contributed by atoms with Gasteiger partial charge in [-0.05, 0) is 70.8 Å². The highest BCUT2D eigenvalue weighted by Crippen LogP contribution is 2.59. The Balaban J connectivity index is 2.12. The molecule has 0 aliphatic heterocycles. The second-order valence-corrected chi connectivity index (χ2v) is 8.77. The molecule has 0 atom stereocenters. The number of terminal acetylenes is 4. The molecule has 0 radical (unpaired) electrons. The van der Waals surface area contributed by atoms with E-state index in [1.54, 1.807) is 36.4 Å². The van der Waals surface area contributed by atoms with Crippen LogP contribution in [0.4, 0.5) is 11.4 Å². The largest absolute Gasteiger partial charge is 0.506 e. The maximum Gasteiger partial charge on any atom is 0.138 e. The first-order valence-corrected chi connectivity index (χ1v) is 11.2. The molecule has 37 heavy (non-hydrogen) atoms. The average molecular weight is 477 g/mol. The summed E-state index contributed by atoms with van der Waals surface area (Å²) in [4.78, 5) is 0. The van der Waals surface area contributed by atoms with E-state index in [4.69, 9.17) is 37.2 Å². The van der Waals surface area contributed by atoms with E-state index in [-0.39, 0.29) is 22.9 Å². The lowest BCUT2D eigenvalue weighted by molar-refractivity contribution is 0.477. The highest BCUT2D eigenvalue weighted by Gasteiger charge is 2.48. The van der Waals surface area contributed by atoms with E-state index in [1.165, 1.54) is 12.1 Å². The quantitative estimate of drug-likeness (QED) is 0.171. The first kappa shape index (κ1) is 23.1. The Morgan fingerprint density at radius 3 is 1.30 bits per heavy atom. The van der Waals surface area contributed by atoms with Gasteiger partial charge in [0.1, 0.15) is 11.5 Å². The van der Waals surface area contributed by atoms with Crippen molar-refractivity contribution in [1.29, 1.82) is 0 Å². The Morgan fingerprint density at radius 1 is 0.568 bits per heavy atom. The molecule has 1 aliphatic rings. The van der Waals surface area contributed by atoms with E-state index >= 15 is 0 Å². The second-order valence-electron chi connectivity index (χ2n) is 8.77. The Hall–Kier alpha value is -5.68. The van der Waals surface area contributed by atoms with Gasteiger partial charge in [0, 0.05) is 33.4 Å². The van der Waals surface area contributed by atoms with Crippen molar-refractivity contribution in [3.8, 4) is 72.0 Å². The topological polar surface area (TPSA) is 92.5 Å². The van der Waals surface area contributed by atoms with Crippen molar-refractivity contribution in [2.45, 2.75) is 5.41 Å². The van der Waals surface area contributed by atoms with Crippen LogP contribution in [0.5, 0.6) is 11.5 Å². The first-order chi connectivity index (χ1) is 17.8. The van der Waals surface area contributed by atoms with Crippen molar-refractivity contribution in [1.82, 2.24) is 0 Å². The summed E-state index contributed by atoms with van der Waals surface area (Å²) in [6.45, 7) is 0. The van der Waals surface area contributed by atoms with Gasteiger partial charge in [0.2, 0.25) is 0 Å². The first-order valence-electron chi connectivity index (χ1n) is 11.2. The molecule has 0 spiro atoms. The number of anilines is 2. The summed E-state index contributed by atoms with van der Waals surface area (Å²) in [5, 5.41) is 20.5. The predicted octanol–water partition coefficient (Wildman–Crippen LogP) is 4.55. The van der Waals surface area contributed by atoms with Gasteiger partial charge < -0.3 is 21.7 Å². The molecule has 0 saturated carbocycles. The zero-order chi connectivity index (χ0) is 26.5. The van der Waals surface area contributed by atoms with Crippen LogP contribution in [0.1, 0.15) is 44.5 Å². The molecule has 0 heterocycles. The highest BCUT2D eigenvalue weighted by atomic mass is 16.3. The van der Waals surface area contributed by atoms with E-state index in [0.29, 0.717) is 33.4 Å². The molecule has 174 valence electrons. The van der Waals surface area contributed by atoms with Gasteiger partial charge in [-0.1, -0.05) is 35.8 Å². The van der Waals surface area contributed by atoms with E-state index in [0.717, 1.165) is 22.3 Å². The van der Waals surface area contributed by atoms with Crippen LogP contribution in [0.15, 0.2) is 60.7 Å². The third-order valence-electron chi connectivity index (χ3n) is 6.90. The van der Waals surface area contributed by atoms with Crippen LogP contribution in [-0.2, 0) is 5.41 Å². The van der Waals surface area contributed by atoms with Crippen molar-refractivity contribution in [3.05, 3.63) is 105 Å². The number of hydrogen-bond donors (Lipinski definition) is 4. The van der Waals surface area contributed by atoms with Crippen molar-refractivity contribution in [2.24, 2.45) is 0 Å². The smallest absolute Gasteiger partial charge is 0.138 e. The number of nitrogen functional groups attached to an aromatic ring is 2. The van der Waals surface area contributed by atoms with E-state index in [1.807, 2.05) is 12.1 Å². The molecule has 4 heteroatoms. The molecule has 4 nitrogen and oxygen atoms in total. The molecular formula is C33H20N2O2. The number of phenolic OH excluding ortho intramolecular Hbond substituents is 2. The van der Waals surface area contributed by atoms with Gasteiger partial charge in [-0.25, -0.2) is 0 Å². The summed E-state index contributed by atoms with van der Waals surface area (Å²) >= 11 is 0. The molecule has 4 aromatic carbocycles. The Kier molecular flexibility index (Phi) is 5.13. The average Bonchev–Trinajstić information content (AvgIpc) is 3.21. The third-order valence-corrected chi connectivity index (χ3v) is 6.90. The zero-order valence-electron chi connectivity index (χ0n) is 19.6. The molecule has 0 aromatic heterocycles. The summed E-state index contributed by atoms with van der Waals surface area (Å²) in [5.41, 5.74) is 18.3. The summed E-state index contributed by atoms with van der Waals surface area (Å²) in [6.07, 6.45) is 23.7. The number of phenols is 2. The summed E-state index contributed by atoms with van der Waals surface area (Å²) in [7, 11) is 0. The van der Waals surface area contributed by atoms with Crippen LogP contribution in [0.3, 0.4) is 0 Å². The fourth-order valence-corrected chi connectivity index (χ4v) is 5.32. The Labute approximate surface area is 215 Å². The summed E-state index contributed by atoms with van der Waals surface area (Å²) in [6, 6.07) is 17.3. The van der Waals surface area contributed by atoms with E-state index in [2.05, 4.69) is 23.7 Å². The molecule has 0 bridgehead atoms. The Morgan fingerprint density at radius 2 is 0.973 bits per heavy atom. The minimum atomic E-state index is -1.09. The maximum atomic E-state index is 10.3. The van der Waals surface area contributed by atoms with Crippen LogP contribution in [0.2, 0.25) is 0 Å². The van der Waals surface area contributed by atoms with Crippen molar-refractivity contribution in [3.63, 3.8) is 0 Å². The van der Waals surface area contributed by atoms with Gasteiger partial charge in [-0.15, -0.1) is 25.7 Å². The number of aromatic hydroxyl groups is 2. The van der Waals surface area contributed by atoms with Crippen LogP contribution >= 0.6 is 0 Å². The maximum absolute atomic E-state index is 10.3. The molecule has 4 aromatic rings. The van der Waals surface area contributed by atoms with Crippen molar-refractivity contribution >= 4 is 11.4 Å². The van der Waals surface area contributed by atoms with Gasteiger partial charge in [0.25, 0.3) is 0 Å². The highest BCUT2D eigenvalue weighted by molar-refractivity contribution is 5.94.